The van der Waals surface area contributed by atoms with Crippen LogP contribution in [-0.2, 0) is 10.0 Å². The molecular formula is C17H10BrCl3N2O3S. The molecule has 1 aromatic heterocycles. The monoisotopic (exact) mass is 506 g/mol. The lowest BCUT2D eigenvalue weighted by Gasteiger charge is -2.14. The minimum Gasteiger partial charge on any atom is -0.454 e. The zero-order valence-corrected chi connectivity index (χ0v) is 18.0. The quantitative estimate of drug-likeness (QED) is 0.405. The molecule has 0 aliphatic rings. The Morgan fingerprint density at radius 2 is 1.74 bits per heavy atom. The van der Waals surface area contributed by atoms with E-state index in [0.29, 0.717) is 20.3 Å². The van der Waals surface area contributed by atoms with E-state index in [1.54, 1.807) is 36.4 Å². The highest BCUT2D eigenvalue weighted by atomic mass is 79.9. The Bertz CT molecular complexity index is 1110. The van der Waals surface area contributed by atoms with E-state index < -0.39 is 10.0 Å². The summed E-state index contributed by atoms with van der Waals surface area (Å²) < 4.78 is 33.9. The van der Waals surface area contributed by atoms with E-state index in [2.05, 4.69) is 25.6 Å². The fourth-order valence-corrected chi connectivity index (χ4v) is 4.16. The van der Waals surface area contributed by atoms with Gasteiger partial charge < -0.3 is 4.74 Å². The number of halogens is 4. The first kappa shape index (κ1) is 20.2. The maximum atomic E-state index is 12.7. The van der Waals surface area contributed by atoms with E-state index in [9.17, 15) is 8.42 Å². The van der Waals surface area contributed by atoms with Crippen LogP contribution < -0.4 is 9.46 Å². The fraction of sp³-hybridized carbons (Fsp3) is 0. The number of nitrogens with zero attached hydrogens (tertiary/aromatic N) is 1. The van der Waals surface area contributed by atoms with Crippen LogP contribution in [-0.4, -0.2) is 13.4 Å². The Morgan fingerprint density at radius 1 is 1.00 bits per heavy atom. The maximum Gasteiger partial charge on any atom is 0.263 e. The zero-order valence-electron chi connectivity index (χ0n) is 13.3. The number of ether oxygens (including phenoxy) is 1. The number of benzene rings is 2. The molecule has 0 radical (unpaired) electrons. The predicted molar refractivity (Wildman–Crippen MR) is 111 cm³/mol. The highest BCUT2D eigenvalue weighted by Crippen LogP contribution is 2.36. The molecule has 27 heavy (non-hydrogen) atoms. The first-order valence-electron chi connectivity index (χ1n) is 7.32. The molecule has 1 N–H and O–H groups in total. The molecule has 0 saturated heterocycles. The third-order valence-corrected chi connectivity index (χ3v) is 6.32. The van der Waals surface area contributed by atoms with Crippen molar-refractivity contribution in [1.82, 2.24) is 4.98 Å². The Hall–Kier alpha value is -1.51. The molecule has 3 aromatic rings. The van der Waals surface area contributed by atoms with Gasteiger partial charge in [-0.15, -0.1) is 0 Å². The maximum absolute atomic E-state index is 12.7. The smallest absolute Gasteiger partial charge is 0.263 e. The average molecular weight is 509 g/mol. The number of hydrogen-bond acceptors (Lipinski definition) is 4. The number of pyridine rings is 1. The van der Waals surface area contributed by atoms with Crippen molar-refractivity contribution < 1.29 is 13.2 Å². The summed E-state index contributed by atoms with van der Waals surface area (Å²) in [5.74, 6) is 0.606. The number of anilines is 1. The second-order valence-electron chi connectivity index (χ2n) is 5.22. The summed E-state index contributed by atoms with van der Waals surface area (Å²) in [4.78, 5) is 3.78. The summed E-state index contributed by atoms with van der Waals surface area (Å²) in [6.45, 7) is 0. The molecule has 10 heteroatoms. The summed E-state index contributed by atoms with van der Waals surface area (Å²) in [5.41, 5.74) is 0.231. The van der Waals surface area contributed by atoms with Crippen molar-refractivity contribution in [1.29, 1.82) is 0 Å². The molecule has 0 fully saturated rings. The van der Waals surface area contributed by atoms with Crippen LogP contribution in [0.15, 0.2) is 64.1 Å². The van der Waals surface area contributed by atoms with Crippen LogP contribution in [0.25, 0.3) is 0 Å². The van der Waals surface area contributed by atoms with Crippen LogP contribution in [0.5, 0.6) is 11.5 Å². The van der Waals surface area contributed by atoms with Gasteiger partial charge in [-0.1, -0.05) is 46.9 Å². The second-order valence-corrected chi connectivity index (χ2v) is 8.96. The van der Waals surface area contributed by atoms with Gasteiger partial charge in [0.15, 0.2) is 5.75 Å². The summed E-state index contributed by atoms with van der Waals surface area (Å²) >= 11 is 21.0. The Labute approximate surface area is 179 Å². The van der Waals surface area contributed by atoms with Crippen molar-refractivity contribution in [3.63, 3.8) is 0 Å². The first-order chi connectivity index (χ1) is 12.8. The normalized spacial score (nSPS) is 11.3. The van der Waals surface area contributed by atoms with Crippen LogP contribution >= 0.6 is 50.7 Å². The zero-order chi connectivity index (χ0) is 19.6. The molecule has 0 aliphatic carbocycles. The van der Waals surface area contributed by atoms with Gasteiger partial charge in [0.1, 0.15) is 15.8 Å². The van der Waals surface area contributed by atoms with E-state index in [0.717, 1.165) is 6.20 Å². The highest BCUT2D eigenvalue weighted by Gasteiger charge is 2.19. The minimum absolute atomic E-state index is 0.0573. The van der Waals surface area contributed by atoms with Crippen molar-refractivity contribution in [3.8, 4) is 11.5 Å². The fourth-order valence-electron chi connectivity index (χ4n) is 2.07. The summed E-state index contributed by atoms with van der Waals surface area (Å²) in [5, 5.41) is 0.920. The van der Waals surface area contributed by atoms with E-state index in [1.807, 2.05) is 0 Å². The number of sulfonamides is 1. The molecule has 0 saturated carbocycles. The van der Waals surface area contributed by atoms with Crippen LogP contribution in [0, 0.1) is 0 Å². The van der Waals surface area contributed by atoms with Gasteiger partial charge in [0.2, 0.25) is 0 Å². The predicted octanol–water partition coefficient (Wildman–Crippen LogP) is 6.40. The molecule has 0 unspecified atom stereocenters. The van der Waals surface area contributed by atoms with Crippen molar-refractivity contribution in [2.75, 3.05) is 4.72 Å². The van der Waals surface area contributed by atoms with Crippen molar-refractivity contribution >= 4 is 66.4 Å². The third kappa shape index (κ3) is 4.86. The number of aromatic nitrogens is 1. The van der Waals surface area contributed by atoms with Crippen molar-refractivity contribution in [3.05, 3.63) is 74.4 Å². The third-order valence-electron chi connectivity index (χ3n) is 3.33. The van der Waals surface area contributed by atoms with Gasteiger partial charge in [-0.3, -0.25) is 4.72 Å². The molecule has 3 rings (SSSR count). The average Bonchev–Trinajstić information content (AvgIpc) is 2.61. The van der Waals surface area contributed by atoms with Gasteiger partial charge in [-0.2, -0.15) is 0 Å². The lowest BCUT2D eigenvalue weighted by Crippen LogP contribution is -2.14. The van der Waals surface area contributed by atoms with Crippen LogP contribution in [0.1, 0.15) is 0 Å². The molecule has 0 aliphatic heterocycles. The molecule has 0 spiro atoms. The molecule has 140 valence electrons. The van der Waals surface area contributed by atoms with Gasteiger partial charge in [0, 0.05) is 11.2 Å². The number of para-hydroxylation sites is 2. The van der Waals surface area contributed by atoms with Gasteiger partial charge >= 0.3 is 0 Å². The Balaban J connectivity index is 1.92. The molecule has 5 nitrogen and oxygen atoms in total. The molecule has 0 amide bonds. The minimum atomic E-state index is -3.92. The van der Waals surface area contributed by atoms with Crippen molar-refractivity contribution in [2.24, 2.45) is 0 Å². The van der Waals surface area contributed by atoms with Gasteiger partial charge in [-0.05, 0) is 52.3 Å². The second kappa shape index (κ2) is 8.24. The Kier molecular flexibility index (Phi) is 6.18. The van der Waals surface area contributed by atoms with Gasteiger partial charge in [0.25, 0.3) is 10.0 Å². The van der Waals surface area contributed by atoms with Crippen LogP contribution in [0.3, 0.4) is 0 Å². The standard InChI is InChI=1S/C17H10BrCl3N2O3S/c18-12-8-11(9-22-17(12)21)27(24,25)23-14-3-1-2-4-16(14)26-15-6-5-10(19)7-13(15)20/h1-9,23H. The molecule has 0 atom stereocenters. The number of rotatable bonds is 5. The summed E-state index contributed by atoms with van der Waals surface area (Å²) in [6.07, 6.45) is 1.16. The summed E-state index contributed by atoms with van der Waals surface area (Å²) in [6, 6.07) is 12.7. The SMILES string of the molecule is O=S(=O)(Nc1ccccc1Oc1ccc(Cl)cc1Cl)c1cnc(Cl)c(Br)c1. The number of nitrogens with one attached hydrogen (secondary N) is 1. The highest BCUT2D eigenvalue weighted by molar-refractivity contribution is 9.10. The molecular weight excluding hydrogens is 499 g/mol. The van der Waals surface area contributed by atoms with Gasteiger partial charge in [-0.25, -0.2) is 13.4 Å². The first-order valence-corrected chi connectivity index (χ1v) is 10.7. The van der Waals surface area contributed by atoms with E-state index in [4.69, 9.17) is 39.5 Å². The lowest BCUT2D eigenvalue weighted by atomic mass is 10.3. The van der Waals surface area contributed by atoms with Crippen LogP contribution in [0.2, 0.25) is 15.2 Å². The molecule has 2 aromatic carbocycles. The molecule has 1 heterocycles. The van der Waals surface area contributed by atoms with Crippen molar-refractivity contribution in [2.45, 2.75) is 4.90 Å². The number of hydrogen-bond donors (Lipinski definition) is 1. The van der Waals surface area contributed by atoms with E-state index in [1.165, 1.54) is 12.1 Å². The van der Waals surface area contributed by atoms with Gasteiger partial charge in [0.05, 0.1) is 15.2 Å². The topological polar surface area (TPSA) is 68.3 Å². The largest absolute Gasteiger partial charge is 0.454 e. The van der Waals surface area contributed by atoms with E-state index >= 15 is 0 Å². The lowest BCUT2D eigenvalue weighted by molar-refractivity contribution is 0.485. The Morgan fingerprint density at radius 3 is 2.44 bits per heavy atom. The van der Waals surface area contributed by atoms with E-state index in [-0.39, 0.29) is 21.5 Å². The van der Waals surface area contributed by atoms with Crippen LogP contribution in [0.4, 0.5) is 5.69 Å². The molecule has 0 bridgehead atoms. The summed E-state index contributed by atoms with van der Waals surface area (Å²) in [7, 11) is -3.92.